The molecule has 1 N–H and O–H groups in total. The minimum absolute atomic E-state index is 0.115. The zero-order valence-corrected chi connectivity index (χ0v) is 9.73. The lowest BCUT2D eigenvalue weighted by Crippen LogP contribution is -2.38. The monoisotopic (exact) mass is 248 g/mol. The van der Waals surface area contributed by atoms with Gasteiger partial charge in [0, 0.05) is 6.54 Å². The van der Waals surface area contributed by atoms with Crippen LogP contribution in [0.3, 0.4) is 0 Å². The Balaban J connectivity index is 2.18. The number of nitrogens with zero attached hydrogens (tertiary/aromatic N) is 1. The maximum atomic E-state index is 12.8. The molecule has 0 unspecified atom stereocenters. The van der Waals surface area contributed by atoms with Crippen LogP contribution in [0, 0.1) is 5.82 Å². The molecular formula is C13H13FN2O2. The molecule has 1 aliphatic heterocycles. The first kappa shape index (κ1) is 12.4. The van der Waals surface area contributed by atoms with E-state index in [1.165, 1.54) is 24.3 Å². The molecule has 0 spiro atoms. The summed E-state index contributed by atoms with van der Waals surface area (Å²) < 4.78 is 12.8. The Morgan fingerprint density at radius 1 is 1.39 bits per heavy atom. The van der Waals surface area contributed by atoms with Gasteiger partial charge < -0.3 is 5.32 Å². The van der Waals surface area contributed by atoms with Gasteiger partial charge in [-0.3, -0.25) is 9.59 Å². The summed E-state index contributed by atoms with van der Waals surface area (Å²) in [6, 6.07) is 4.75. The van der Waals surface area contributed by atoms with Gasteiger partial charge >= 0.3 is 0 Å². The molecule has 94 valence electrons. The second kappa shape index (κ2) is 5.10. The zero-order chi connectivity index (χ0) is 13.1. The van der Waals surface area contributed by atoms with Crippen LogP contribution in [0.15, 0.2) is 36.9 Å². The van der Waals surface area contributed by atoms with Gasteiger partial charge in [-0.1, -0.05) is 6.08 Å². The summed E-state index contributed by atoms with van der Waals surface area (Å²) in [5.41, 5.74) is 0.398. The van der Waals surface area contributed by atoms with Gasteiger partial charge in [0.05, 0.1) is 18.2 Å². The second-order valence-corrected chi connectivity index (χ2v) is 4.00. The quantitative estimate of drug-likeness (QED) is 0.644. The standard InChI is InChI=1S/C13H13FN2O2/c1-2-7-15-11-8-12(17)16(13(11)18)10-5-3-9(14)4-6-10/h2-6,11,15H,1,7-8H2/t11-/m1/s1. The average molecular weight is 248 g/mol. The van der Waals surface area contributed by atoms with E-state index in [-0.39, 0.29) is 18.2 Å². The van der Waals surface area contributed by atoms with Crippen LogP contribution in [0.4, 0.5) is 10.1 Å². The van der Waals surface area contributed by atoms with Gasteiger partial charge in [-0.25, -0.2) is 9.29 Å². The van der Waals surface area contributed by atoms with Gasteiger partial charge in [0.25, 0.3) is 5.91 Å². The number of nitrogens with one attached hydrogen (secondary N) is 1. The summed E-state index contributed by atoms with van der Waals surface area (Å²) >= 11 is 0. The van der Waals surface area contributed by atoms with E-state index in [0.29, 0.717) is 12.2 Å². The van der Waals surface area contributed by atoms with Gasteiger partial charge in [-0.2, -0.15) is 0 Å². The van der Waals surface area contributed by atoms with Crippen molar-refractivity contribution >= 4 is 17.5 Å². The highest BCUT2D eigenvalue weighted by atomic mass is 19.1. The smallest absolute Gasteiger partial charge is 0.251 e. The Bertz CT molecular complexity index is 484. The highest BCUT2D eigenvalue weighted by molar-refractivity contribution is 6.22. The minimum Gasteiger partial charge on any atom is -0.302 e. The van der Waals surface area contributed by atoms with E-state index in [0.717, 1.165) is 4.90 Å². The molecule has 1 atom stereocenters. The van der Waals surface area contributed by atoms with Crippen molar-refractivity contribution in [1.29, 1.82) is 0 Å². The number of benzene rings is 1. The summed E-state index contributed by atoms with van der Waals surface area (Å²) in [4.78, 5) is 24.9. The molecule has 0 aromatic heterocycles. The first-order chi connectivity index (χ1) is 8.63. The van der Waals surface area contributed by atoms with Crippen LogP contribution < -0.4 is 10.2 Å². The van der Waals surface area contributed by atoms with Crippen molar-refractivity contribution < 1.29 is 14.0 Å². The Morgan fingerprint density at radius 2 is 2.06 bits per heavy atom. The molecule has 1 aromatic rings. The fourth-order valence-electron chi connectivity index (χ4n) is 1.88. The van der Waals surface area contributed by atoms with Crippen LogP contribution in [0.25, 0.3) is 0 Å². The van der Waals surface area contributed by atoms with Crippen molar-refractivity contribution in [2.24, 2.45) is 0 Å². The maximum absolute atomic E-state index is 12.8. The highest BCUT2D eigenvalue weighted by Crippen LogP contribution is 2.22. The van der Waals surface area contributed by atoms with Crippen LogP contribution >= 0.6 is 0 Å². The molecule has 0 saturated carbocycles. The van der Waals surface area contributed by atoms with E-state index in [4.69, 9.17) is 0 Å². The largest absolute Gasteiger partial charge is 0.302 e. The molecule has 1 fully saturated rings. The number of rotatable bonds is 4. The summed E-state index contributed by atoms with van der Waals surface area (Å²) in [7, 11) is 0. The fourth-order valence-corrected chi connectivity index (χ4v) is 1.88. The summed E-state index contributed by atoms with van der Waals surface area (Å²) in [6.07, 6.45) is 1.74. The first-order valence-electron chi connectivity index (χ1n) is 5.60. The van der Waals surface area contributed by atoms with Crippen LogP contribution in [0.5, 0.6) is 0 Å². The van der Waals surface area contributed by atoms with E-state index in [1.54, 1.807) is 6.08 Å². The van der Waals surface area contributed by atoms with Crippen molar-refractivity contribution in [1.82, 2.24) is 5.32 Å². The number of imide groups is 1. The molecule has 2 rings (SSSR count). The van der Waals surface area contributed by atoms with Gasteiger partial charge in [0.15, 0.2) is 0 Å². The van der Waals surface area contributed by atoms with Crippen LogP contribution in [-0.4, -0.2) is 24.4 Å². The molecule has 2 amide bonds. The van der Waals surface area contributed by atoms with Gasteiger partial charge in [0.2, 0.25) is 5.91 Å². The van der Waals surface area contributed by atoms with Crippen LogP contribution in [-0.2, 0) is 9.59 Å². The fraction of sp³-hybridized carbons (Fsp3) is 0.231. The number of amides is 2. The Labute approximate surface area is 104 Å². The van der Waals surface area contributed by atoms with Gasteiger partial charge in [0.1, 0.15) is 5.82 Å². The number of carbonyl (C=O) groups is 2. The summed E-state index contributed by atoms with van der Waals surface area (Å²) in [6.45, 7) is 4.00. The molecule has 0 bridgehead atoms. The number of hydrogen-bond acceptors (Lipinski definition) is 3. The molecule has 0 aliphatic carbocycles. The predicted octanol–water partition coefficient (Wildman–Crippen LogP) is 1.23. The number of anilines is 1. The third kappa shape index (κ3) is 2.31. The topological polar surface area (TPSA) is 49.4 Å². The zero-order valence-electron chi connectivity index (χ0n) is 9.73. The minimum atomic E-state index is -0.527. The predicted molar refractivity (Wildman–Crippen MR) is 65.5 cm³/mol. The molecule has 18 heavy (non-hydrogen) atoms. The number of halogens is 1. The van der Waals surface area contributed by atoms with Crippen molar-refractivity contribution in [2.75, 3.05) is 11.4 Å². The molecule has 0 radical (unpaired) electrons. The molecular weight excluding hydrogens is 235 g/mol. The third-order valence-electron chi connectivity index (χ3n) is 2.74. The van der Waals surface area contributed by atoms with Crippen LogP contribution in [0.2, 0.25) is 0 Å². The lowest BCUT2D eigenvalue weighted by Gasteiger charge is -2.15. The van der Waals surface area contributed by atoms with Gasteiger partial charge in [-0.05, 0) is 24.3 Å². The van der Waals surface area contributed by atoms with Crippen molar-refractivity contribution in [3.8, 4) is 0 Å². The van der Waals surface area contributed by atoms with E-state index in [9.17, 15) is 14.0 Å². The maximum Gasteiger partial charge on any atom is 0.251 e. The van der Waals surface area contributed by atoms with Gasteiger partial charge in [-0.15, -0.1) is 6.58 Å². The third-order valence-corrected chi connectivity index (χ3v) is 2.74. The van der Waals surface area contributed by atoms with E-state index < -0.39 is 11.9 Å². The average Bonchev–Trinajstić information content (AvgIpc) is 2.63. The Hall–Kier alpha value is -2.01. The molecule has 5 heteroatoms. The van der Waals surface area contributed by atoms with Crippen molar-refractivity contribution in [3.63, 3.8) is 0 Å². The van der Waals surface area contributed by atoms with E-state index in [1.807, 2.05) is 0 Å². The summed E-state index contributed by atoms with van der Waals surface area (Å²) in [5.74, 6) is -0.999. The Kier molecular flexibility index (Phi) is 3.53. The molecule has 1 heterocycles. The molecule has 1 aliphatic rings. The Morgan fingerprint density at radius 3 is 2.67 bits per heavy atom. The van der Waals surface area contributed by atoms with Crippen LogP contribution in [0.1, 0.15) is 6.42 Å². The lowest BCUT2D eigenvalue weighted by molar-refractivity contribution is -0.121. The molecule has 4 nitrogen and oxygen atoms in total. The van der Waals surface area contributed by atoms with Crippen molar-refractivity contribution in [3.05, 3.63) is 42.7 Å². The first-order valence-corrected chi connectivity index (χ1v) is 5.60. The molecule has 1 saturated heterocycles. The number of carbonyl (C=O) groups excluding carboxylic acids is 2. The number of hydrogen-bond donors (Lipinski definition) is 1. The second-order valence-electron chi connectivity index (χ2n) is 4.00. The molecule has 1 aromatic carbocycles. The SMILES string of the molecule is C=CCN[C@@H]1CC(=O)N(c2ccc(F)cc2)C1=O. The van der Waals surface area contributed by atoms with Crippen molar-refractivity contribution in [2.45, 2.75) is 12.5 Å². The summed E-state index contributed by atoms with van der Waals surface area (Å²) in [5, 5.41) is 2.92. The van der Waals surface area contributed by atoms with E-state index >= 15 is 0 Å². The van der Waals surface area contributed by atoms with E-state index in [2.05, 4.69) is 11.9 Å². The highest BCUT2D eigenvalue weighted by Gasteiger charge is 2.38. The lowest BCUT2D eigenvalue weighted by atomic mass is 10.2. The normalized spacial score (nSPS) is 19.4.